The van der Waals surface area contributed by atoms with Gasteiger partial charge < -0.3 is 36.2 Å². The van der Waals surface area contributed by atoms with E-state index in [1.165, 1.54) is 24.6 Å². The number of unbranched alkanes of at least 4 members (excludes halogenated alkanes) is 2. The van der Waals surface area contributed by atoms with Crippen LogP contribution in [-0.4, -0.2) is 102 Å². The summed E-state index contributed by atoms with van der Waals surface area (Å²) < 4.78 is 5.47. The van der Waals surface area contributed by atoms with Crippen LogP contribution in [0.3, 0.4) is 0 Å². The first-order valence-electron chi connectivity index (χ1n) is 19.8. The Kier molecular flexibility index (Phi) is 15.2. The maximum absolute atomic E-state index is 13.3. The lowest BCUT2D eigenvalue weighted by atomic mass is 9.90. The Morgan fingerprint density at radius 2 is 1.83 bits per heavy atom. The number of anilines is 3. The van der Waals surface area contributed by atoms with Crippen LogP contribution in [0.15, 0.2) is 46.1 Å². The summed E-state index contributed by atoms with van der Waals surface area (Å²) in [5, 5.41) is 11.2. The number of halogens is 1. The van der Waals surface area contributed by atoms with Crippen molar-refractivity contribution in [3.05, 3.63) is 41.2 Å². The molecule has 0 atom stereocenters. The summed E-state index contributed by atoms with van der Waals surface area (Å²) >= 11 is 8.39. The van der Waals surface area contributed by atoms with E-state index in [0.29, 0.717) is 47.6 Å². The number of rotatable bonds is 14. The summed E-state index contributed by atoms with van der Waals surface area (Å²) in [6, 6.07) is 5.87. The van der Waals surface area contributed by atoms with E-state index in [0.717, 1.165) is 100 Å². The molecule has 3 saturated heterocycles. The normalized spacial score (nSPS) is 18.7. The maximum atomic E-state index is 13.3. The highest BCUT2D eigenvalue weighted by Crippen LogP contribution is 2.39. The number of benzene rings is 1. The van der Waals surface area contributed by atoms with Crippen molar-refractivity contribution in [2.75, 3.05) is 74.9 Å². The summed E-state index contributed by atoms with van der Waals surface area (Å²) in [4.78, 5) is 42.7. The number of hydrogen-bond donors (Lipinski definition) is 4. The van der Waals surface area contributed by atoms with Gasteiger partial charge in [0.05, 0.1) is 16.9 Å². The number of amides is 2. The number of carbonyl (C=O) groups excluding carboxylic acids is 2. The molecule has 3 aliphatic heterocycles. The van der Waals surface area contributed by atoms with Crippen molar-refractivity contribution in [2.24, 2.45) is 5.92 Å². The average Bonchev–Trinajstić information content (AvgIpc) is 3.13. The Balaban J connectivity index is 1.14. The number of carbonyl (C=O) groups is 2. The molecule has 0 bridgehead atoms. The Labute approximate surface area is 331 Å². The van der Waals surface area contributed by atoms with Crippen LogP contribution in [0.25, 0.3) is 0 Å². The second-order valence-corrected chi connectivity index (χ2v) is 17.6. The van der Waals surface area contributed by atoms with Gasteiger partial charge in [-0.15, -0.1) is 0 Å². The molecule has 2 amide bonds. The Morgan fingerprint density at radius 1 is 1.11 bits per heavy atom. The first-order chi connectivity index (χ1) is 25.8. The van der Waals surface area contributed by atoms with Gasteiger partial charge in [-0.1, -0.05) is 55.3 Å². The smallest absolute Gasteiger partial charge is 0.408 e. The minimum absolute atomic E-state index is 0.212. The second-order valence-electron chi connectivity index (χ2n) is 16.2. The molecular formula is C40H62ClN9O3S. The molecule has 5 N–H and O–H groups in total. The van der Waals surface area contributed by atoms with Gasteiger partial charge in [-0.3, -0.25) is 9.69 Å². The molecule has 0 spiro atoms. The predicted molar refractivity (Wildman–Crippen MR) is 220 cm³/mol. The number of alkyl carbamates (subject to hydrolysis) is 1. The van der Waals surface area contributed by atoms with Crippen molar-refractivity contribution in [1.29, 1.82) is 0 Å². The van der Waals surface area contributed by atoms with Crippen LogP contribution in [0.1, 0.15) is 92.4 Å². The van der Waals surface area contributed by atoms with Crippen LogP contribution in [0.4, 0.5) is 22.1 Å². The number of ether oxygens (including phenoxy) is 1. The van der Waals surface area contributed by atoms with E-state index in [1.807, 2.05) is 50.8 Å². The van der Waals surface area contributed by atoms with E-state index in [-0.39, 0.29) is 11.4 Å². The van der Waals surface area contributed by atoms with Crippen LogP contribution >= 0.6 is 23.4 Å². The van der Waals surface area contributed by atoms with Gasteiger partial charge in [-0.25, -0.2) is 14.8 Å². The van der Waals surface area contributed by atoms with Gasteiger partial charge in [-0.05, 0) is 97.4 Å². The third-order valence-electron chi connectivity index (χ3n) is 10.5. The van der Waals surface area contributed by atoms with Gasteiger partial charge in [-0.2, -0.15) is 0 Å². The summed E-state index contributed by atoms with van der Waals surface area (Å²) in [5.41, 5.74) is 7.34. The molecule has 3 fully saturated rings. The fourth-order valence-corrected chi connectivity index (χ4v) is 8.29. The van der Waals surface area contributed by atoms with Gasteiger partial charge in [0.1, 0.15) is 16.4 Å². The molecule has 5 rings (SSSR count). The molecule has 0 unspecified atom stereocenters. The number of hydrogen-bond acceptors (Lipinski definition) is 11. The molecule has 1 aromatic carbocycles. The fraction of sp³-hybridized carbons (Fsp3) is 0.650. The number of piperazine rings is 1. The van der Waals surface area contributed by atoms with Crippen molar-refractivity contribution >= 4 is 52.7 Å². The van der Waals surface area contributed by atoms with Crippen LogP contribution in [-0.2, 0) is 9.53 Å². The van der Waals surface area contributed by atoms with Crippen molar-refractivity contribution in [1.82, 2.24) is 30.4 Å². The summed E-state index contributed by atoms with van der Waals surface area (Å²) in [6.07, 6.45) is 11.7. The monoisotopic (exact) mass is 783 g/mol. The SMILES string of the molecule is CCCC/C=C(/CCC(=O)N1CCN(CC2CCNCC2)CC1)Nc1cccc(Sc2ncc(N3CCC(C)(NC(=O)OC(C)(C)C)CC3)nc2N)c1Cl. The van der Waals surface area contributed by atoms with Crippen LogP contribution in [0, 0.1) is 5.92 Å². The van der Waals surface area contributed by atoms with Gasteiger partial charge >= 0.3 is 6.09 Å². The van der Waals surface area contributed by atoms with Crippen LogP contribution < -0.4 is 26.6 Å². The quantitative estimate of drug-likeness (QED) is 0.145. The zero-order chi connectivity index (χ0) is 38.7. The van der Waals surface area contributed by atoms with Gasteiger partial charge in [0.15, 0.2) is 5.82 Å². The van der Waals surface area contributed by atoms with E-state index >= 15 is 0 Å². The van der Waals surface area contributed by atoms with Crippen molar-refractivity contribution in [3.63, 3.8) is 0 Å². The Bertz CT molecular complexity index is 1580. The Morgan fingerprint density at radius 3 is 2.50 bits per heavy atom. The topological polar surface area (TPSA) is 141 Å². The molecule has 2 aromatic rings. The zero-order valence-electron chi connectivity index (χ0n) is 33.0. The summed E-state index contributed by atoms with van der Waals surface area (Å²) in [6.45, 7) is 18.1. The van der Waals surface area contributed by atoms with Gasteiger partial charge in [0.25, 0.3) is 0 Å². The van der Waals surface area contributed by atoms with Crippen LogP contribution in [0.2, 0.25) is 5.02 Å². The third kappa shape index (κ3) is 12.6. The highest BCUT2D eigenvalue weighted by Gasteiger charge is 2.34. The number of allylic oxidation sites excluding steroid dienone is 2. The minimum Gasteiger partial charge on any atom is -0.444 e. The standard InChI is InChI=1S/C40H62ClN9O3S/c1-6-7-8-10-30(13-14-34(51)50-25-23-48(24-26-50)28-29-15-19-43-20-16-29)45-31-11-9-12-32(35(31)41)54-37-36(42)46-33(27-44-37)49-21-17-40(5,18-22-49)47-38(52)53-39(2,3)4/h9-12,27,29,43,45H,6-8,13-26,28H2,1-5H3,(H2,42,46)(H,47,52)/b30-10-. The van der Waals surface area contributed by atoms with E-state index in [2.05, 4.69) is 43.7 Å². The number of piperidine rings is 2. The molecule has 54 heavy (non-hydrogen) atoms. The fourth-order valence-electron chi connectivity index (χ4n) is 7.19. The van der Waals surface area contributed by atoms with Gasteiger partial charge in [0, 0.05) is 68.4 Å². The summed E-state index contributed by atoms with van der Waals surface area (Å²) in [7, 11) is 0. The van der Waals surface area contributed by atoms with E-state index in [9.17, 15) is 9.59 Å². The molecule has 0 radical (unpaired) electrons. The molecule has 0 saturated carbocycles. The highest BCUT2D eigenvalue weighted by molar-refractivity contribution is 7.99. The first kappa shape index (κ1) is 41.9. The molecule has 0 aliphatic carbocycles. The van der Waals surface area contributed by atoms with E-state index in [4.69, 9.17) is 27.1 Å². The number of aromatic nitrogens is 2. The predicted octanol–water partition coefficient (Wildman–Crippen LogP) is 7.16. The highest BCUT2D eigenvalue weighted by atomic mass is 35.5. The molecule has 3 aliphatic rings. The van der Waals surface area contributed by atoms with Gasteiger partial charge in [0.2, 0.25) is 5.91 Å². The number of nitrogen functional groups attached to an aromatic ring is 1. The summed E-state index contributed by atoms with van der Waals surface area (Å²) in [5.74, 6) is 2.01. The first-order valence-corrected chi connectivity index (χ1v) is 21.0. The minimum atomic E-state index is -0.547. The lowest BCUT2D eigenvalue weighted by molar-refractivity contribution is -0.133. The Hall–Kier alpha value is -3.26. The van der Waals surface area contributed by atoms with Crippen molar-refractivity contribution in [2.45, 2.75) is 113 Å². The molecule has 4 heterocycles. The largest absolute Gasteiger partial charge is 0.444 e. The third-order valence-corrected chi connectivity index (χ3v) is 12.1. The lowest BCUT2D eigenvalue weighted by Gasteiger charge is -2.40. The zero-order valence-corrected chi connectivity index (χ0v) is 34.6. The van der Waals surface area contributed by atoms with Crippen molar-refractivity contribution in [3.8, 4) is 0 Å². The second kappa shape index (κ2) is 19.6. The number of nitrogens with one attached hydrogen (secondary N) is 3. The lowest BCUT2D eigenvalue weighted by Crippen LogP contribution is -2.54. The van der Waals surface area contributed by atoms with Crippen molar-refractivity contribution < 1.29 is 14.3 Å². The molecule has 1 aromatic heterocycles. The molecular weight excluding hydrogens is 722 g/mol. The van der Waals surface area contributed by atoms with E-state index < -0.39 is 11.7 Å². The molecule has 14 heteroatoms. The average molecular weight is 785 g/mol. The number of nitrogens with two attached hydrogens (primary N) is 1. The number of nitrogens with zero attached hydrogens (tertiary/aromatic N) is 5. The molecule has 298 valence electrons. The van der Waals surface area contributed by atoms with E-state index in [1.54, 1.807) is 6.20 Å². The maximum Gasteiger partial charge on any atom is 0.408 e. The van der Waals surface area contributed by atoms with Crippen LogP contribution in [0.5, 0.6) is 0 Å². The molecule has 12 nitrogen and oxygen atoms in total.